The predicted molar refractivity (Wildman–Crippen MR) is 83.8 cm³/mol. The summed E-state index contributed by atoms with van der Waals surface area (Å²) < 4.78 is 44.7. The molecule has 2 atom stereocenters. The molecule has 0 fully saturated rings. The van der Waals surface area contributed by atoms with E-state index >= 15 is 0 Å². The minimum absolute atomic E-state index is 0.355. The van der Waals surface area contributed by atoms with Crippen LogP contribution < -0.4 is 0 Å². The molecule has 2 unspecified atom stereocenters. The van der Waals surface area contributed by atoms with Gasteiger partial charge in [0.15, 0.2) is 0 Å². The number of benzene rings is 1. The molecule has 1 aromatic carbocycles. The molecule has 0 spiro atoms. The van der Waals surface area contributed by atoms with Gasteiger partial charge in [-0.3, -0.25) is 4.99 Å². The summed E-state index contributed by atoms with van der Waals surface area (Å²) in [4.78, 5) is 4.06. The maximum absolute atomic E-state index is 13.0. The van der Waals surface area contributed by atoms with Gasteiger partial charge in [0.1, 0.15) is 6.10 Å². The average molecular weight is 319 g/mol. The molecule has 2 aliphatic rings. The summed E-state index contributed by atoms with van der Waals surface area (Å²) in [6.45, 7) is 2.01. The number of nitrogens with zero attached hydrogens (tertiary/aromatic N) is 1. The Balaban J connectivity index is 2.00. The van der Waals surface area contributed by atoms with Crippen LogP contribution in [0.25, 0.3) is 5.57 Å². The van der Waals surface area contributed by atoms with Gasteiger partial charge in [0.25, 0.3) is 0 Å². The van der Waals surface area contributed by atoms with Crippen molar-refractivity contribution in [1.82, 2.24) is 0 Å². The molecule has 5 heteroatoms. The highest BCUT2D eigenvalue weighted by atomic mass is 19.4. The first kappa shape index (κ1) is 15.6. The van der Waals surface area contributed by atoms with Crippen LogP contribution in [0.1, 0.15) is 24.5 Å². The highest BCUT2D eigenvalue weighted by Crippen LogP contribution is 2.41. The van der Waals surface area contributed by atoms with Crippen LogP contribution >= 0.6 is 0 Å². The van der Waals surface area contributed by atoms with Gasteiger partial charge in [0, 0.05) is 23.4 Å². The second-order valence-electron chi connectivity index (χ2n) is 5.90. The normalized spacial score (nSPS) is 26.8. The van der Waals surface area contributed by atoms with Crippen LogP contribution in [0.15, 0.2) is 59.9 Å². The second-order valence-corrected chi connectivity index (χ2v) is 5.90. The summed E-state index contributed by atoms with van der Waals surface area (Å²) in [7, 11) is 0. The van der Waals surface area contributed by atoms with Gasteiger partial charge < -0.3 is 4.74 Å². The van der Waals surface area contributed by atoms with Crippen molar-refractivity contribution >= 4 is 11.8 Å². The Morgan fingerprint density at radius 3 is 2.83 bits per heavy atom. The van der Waals surface area contributed by atoms with E-state index in [1.807, 2.05) is 19.1 Å². The number of allylic oxidation sites excluding steroid dienone is 2. The number of alkyl halides is 3. The molecule has 1 aromatic rings. The van der Waals surface area contributed by atoms with Crippen LogP contribution in [0.5, 0.6) is 0 Å². The lowest BCUT2D eigenvalue weighted by molar-refractivity contribution is -0.137. The number of rotatable bonds is 2. The highest BCUT2D eigenvalue weighted by Gasteiger charge is 2.38. The third-order valence-electron chi connectivity index (χ3n) is 4.15. The van der Waals surface area contributed by atoms with E-state index < -0.39 is 11.7 Å². The second kappa shape index (κ2) is 5.72. The van der Waals surface area contributed by atoms with Crippen molar-refractivity contribution in [2.45, 2.75) is 25.6 Å². The first-order valence-electron chi connectivity index (χ1n) is 7.29. The Morgan fingerprint density at radius 1 is 1.30 bits per heavy atom. The molecular weight excluding hydrogens is 303 g/mol. The fraction of sp³-hybridized carbons (Fsp3) is 0.278. The maximum atomic E-state index is 13.0. The Morgan fingerprint density at radius 2 is 2.13 bits per heavy atom. The van der Waals surface area contributed by atoms with Gasteiger partial charge in [-0.25, -0.2) is 0 Å². The van der Waals surface area contributed by atoms with Crippen LogP contribution in [0.2, 0.25) is 0 Å². The molecular formula is C18H16F3NO. The van der Waals surface area contributed by atoms with Crippen LogP contribution in [-0.4, -0.2) is 12.3 Å². The first-order valence-corrected chi connectivity index (χ1v) is 7.29. The Kier molecular flexibility index (Phi) is 3.88. The summed E-state index contributed by atoms with van der Waals surface area (Å²) in [6.07, 6.45) is 6.48. The summed E-state index contributed by atoms with van der Waals surface area (Å²) in [5.41, 5.74) is 0.245. The van der Waals surface area contributed by atoms with Crippen LogP contribution in [0, 0.1) is 5.41 Å². The van der Waals surface area contributed by atoms with Crippen molar-refractivity contribution in [2.24, 2.45) is 10.4 Å². The third kappa shape index (κ3) is 3.09. The zero-order valence-corrected chi connectivity index (χ0v) is 12.5. The van der Waals surface area contributed by atoms with E-state index in [1.165, 1.54) is 12.1 Å². The van der Waals surface area contributed by atoms with Gasteiger partial charge in [-0.05, 0) is 30.2 Å². The fourth-order valence-electron chi connectivity index (χ4n) is 2.85. The topological polar surface area (TPSA) is 21.6 Å². The molecule has 2 heterocycles. The number of aliphatic imine (C=N–C) groups is 1. The molecule has 2 aliphatic heterocycles. The Labute approximate surface area is 132 Å². The van der Waals surface area contributed by atoms with Gasteiger partial charge in [-0.1, -0.05) is 31.2 Å². The van der Waals surface area contributed by atoms with Crippen molar-refractivity contribution < 1.29 is 17.9 Å². The minimum atomic E-state index is -4.36. The molecule has 0 amide bonds. The molecule has 0 N–H and O–H groups in total. The van der Waals surface area contributed by atoms with Crippen molar-refractivity contribution in [3.8, 4) is 0 Å². The van der Waals surface area contributed by atoms with Crippen molar-refractivity contribution in [3.63, 3.8) is 0 Å². The lowest BCUT2D eigenvalue weighted by Crippen LogP contribution is -2.35. The van der Waals surface area contributed by atoms with Gasteiger partial charge >= 0.3 is 6.18 Å². The highest BCUT2D eigenvalue weighted by molar-refractivity contribution is 5.74. The first-order chi connectivity index (χ1) is 10.9. The van der Waals surface area contributed by atoms with E-state index in [4.69, 9.17) is 4.74 Å². The zero-order valence-electron chi connectivity index (χ0n) is 12.5. The van der Waals surface area contributed by atoms with Crippen LogP contribution in [0.3, 0.4) is 0 Å². The Bertz CT molecular complexity index is 715. The number of halogens is 3. The predicted octanol–water partition coefficient (Wildman–Crippen LogP) is 5.00. The van der Waals surface area contributed by atoms with E-state index in [1.54, 1.807) is 30.8 Å². The quantitative estimate of drug-likeness (QED) is 0.752. The largest absolute Gasteiger partial charge is 0.492 e. The number of ether oxygens (including phenoxy) is 1. The summed E-state index contributed by atoms with van der Waals surface area (Å²) in [6, 6.07) is 5.36. The molecule has 0 aliphatic carbocycles. The zero-order chi connectivity index (χ0) is 16.5. The monoisotopic (exact) mass is 319 g/mol. The van der Waals surface area contributed by atoms with E-state index in [9.17, 15) is 13.2 Å². The van der Waals surface area contributed by atoms with E-state index in [0.29, 0.717) is 12.0 Å². The van der Waals surface area contributed by atoms with Gasteiger partial charge in [-0.2, -0.15) is 13.2 Å². The van der Waals surface area contributed by atoms with E-state index in [-0.39, 0.29) is 11.5 Å². The van der Waals surface area contributed by atoms with Crippen LogP contribution in [0.4, 0.5) is 13.2 Å². The van der Waals surface area contributed by atoms with E-state index in [0.717, 1.165) is 11.6 Å². The van der Waals surface area contributed by atoms with Crippen molar-refractivity contribution in [1.29, 1.82) is 0 Å². The van der Waals surface area contributed by atoms with Crippen molar-refractivity contribution in [3.05, 3.63) is 66.1 Å². The molecule has 120 valence electrons. The molecule has 0 radical (unpaired) electrons. The Hall–Kier alpha value is -2.30. The molecule has 2 nitrogen and oxygen atoms in total. The van der Waals surface area contributed by atoms with Gasteiger partial charge in [0.2, 0.25) is 0 Å². The van der Waals surface area contributed by atoms with Crippen LogP contribution in [-0.2, 0) is 10.9 Å². The average Bonchev–Trinajstić information content (AvgIpc) is 2.55. The molecule has 3 rings (SSSR count). The van der Waals surface area contributed by atoms with E-state index in [2.05, 4.69) is 4.99 Å². The molecule has 0 saturated heterocycles. The number of hydrogen-bond donors (Lipinski definition) is 0. The molecule has 23 heavy (non-hydrogen) atoms. The minimum Gasteiger partial charge on any atom is -0.492 e. The van der Waals surface area contributed by atoms with Gasteiger partial charge in [0.05, 0.1) is 11.8 Å². The fourth-order valence-corrected chi connectivity index (χ4v) is 2.85. The lowest BCUT2D eigenvalue weighted by atomic mass is 9.75. The summed E-state index contributed by atoms with van der Waals surface area (Å²) >= 11 is 0. The smallest absolute Gasteiger partial charge is 0.416 e. The summed E-state index contributed by atoms with van der Waals surface area (Å²) in [5.74, 6) is 0. The lowest BCUT2D eigenvalue weighted by Gasteiger charge is -2.37. The molecule has 0 aromatic heterocycles. The number of hydrogen-bond acceptors (Lipinski definition) is 2. The summed E-state index contributed by atoms with van der Waals surface area (Å²) in [5, 5.41) is 0. The standard InChI is InChI=1S/C18H16F3NO/c1-17(7-9-22-10-8-17)16-15(6-3-11-23-16)13-4-2-5-14(12-13)18(19,20)21/h2-7,9-12,16H,8H2,1H3. The van der Waals surface area contributed by atoms with Gasteiger partial charge in [-0.15, -0.1) is 0 Å². The SMILES string of the molecule is CC1(C2OC=CC=C2c2cccc(C(F)(F)F)c2)C=CN=CC1. The maximum Gasteiger partial charge on any atom is 0.416 e. The van der Waals surface area contributed by atoms with Crippen molar-refractivity contribution in [2.75, 3.05) is 0 Å². The molecule has 0 saturated carbocycles. The third-order valence-corrected chi connectivity index (χ3v) is 4.15. The molecule has 0 bridgehead atoms.